The van der Waals surface area contributed by atoms with E-state index in [2.05, 4.69) is 15.5 Å². The fourth-order valence-electron chi connectivity index (χ4n) is 2.58. The Morgan fingerprint density at radius 3 is 2.74 bits per heavy atom. The van der Waals surface area contributed by atoms with Crippen molar-refractivity contribution in [3.05, 3.63) is 41.5 Å². The van der Waals surface area contributed by atoms with Crippen LogP contribution in [0, 0.1) is 19.8 Å². The zero-order valence-electron chi connectivity index (χ0n) is 13.1. The molecule has 120 valence electrons. The van der Waals surface area contributed by atoms with Crippen molar-refractivity contribution in [1.29, 1.82) is 0 Å². The fourth-order valence-corrected chi connectivity index (χ4v) is 2.58. The minimum atomic E-state index is -0.368. The fraction of sp³-hybridized carbons (Fsp3) is 0.375. The van der Waals surface area contributed by atoms with Crippen LogP contribution in [0.15, 0.2) is 28.8 Å². The van der Waals surface area contributed by atoms with Gasteiger partial charge in [-0.2, -0.15) is 4.98 Å². The lowest BCUT2D eigenvalue weighted by Crippen LogP contribution is -2.32. The van der Waals surface area contributed by atoms with Crippen LogP contribution in [0.25, 0.3) is 0 Å². The van der Waals surface area contributed by atoms with E-state index in [1.807, 2.05) is 31.2 Å². The molecule has 3 rings (SSSR count). The summed E-state index contributed by atoms with van der Waals surface area (Å²) in [5, 5.41) is 6.41. The molecule has 23 heavy (non-hydrogen) atoms. The second kappa shape index (κ2) is 6.20. The summed E-state index contributed by atoms with van der Waals surface area (Å²) in [6, 6.07) is 7.70. The highest BCUT2D eigenvalue weighted by molar-refractivity contribution is 6.00. The molecule has 7 nitrogen and oxygen atoms in total. The zero-order valence-corrected chi connectivity index (χ0v) is 13.1. The number of hydrogen-bond donors (Lipinski definition) is 1. The van der Waals surface area contributed by atoms with Gasteiger partial charge in [0.25, 0.3) is 0 Å². The van der Waals surface area contributed by atoms with E-state index in [0.29, 0.717) is 18.3 Å². The van der Waals surface area contributed by atoms with E-state index >= 15 is 0 Å². The lowest BCUT2D eigenvalue weighted by Gasteiger charge is -2.16. The molecule has 1 aromatic heterocycles. The van der Waals surface area contributed by atoms with Gasteiger partial charge in [0.15, 0.2) is 5.82 Å². The number of hydrogen-bond acceptors (Lipinski definition) is 5. The SMILES string of the molecule is Cc1ccc(N2CC(C(=O)NCc3nc(C)no3)CC2=O)cc1. The third-order valence-corrected chi connectivity index (χ3v) is 3.82. The Kier molecular flexibility index (Phi) is 4.10. The van der Waals surface area contributed by atoms with Crippen molar-refractivity contribution < 1.29 is 14.1 Å². The molecule has 1 saturated heterocycles. The Morgan fingerprint density at radius 1 is 1.35 bits per heavy atom. The van der Waals surface area contributed by atoms with Crippen molar-refractivity contribution in [3.8, 4) is 0 Å². The summed E-state index contributed by atoms with van der Waals surface area (Å²) in [5.74, 6) is 0.297. The largest absolute Gasteiger partial charge is 0.347 e. The second-order valence-electron chi connectivity index (χ2n) is 5.69. The summed E-state index contributed by atoms with van der Waals surface area (Å²) in [6.07, 6.45) is 0.211. The van der Waals surface area contributed by atoms with Crippen molar-refractivity contribution in [2.75, 3.05) is 11.4 Å². The number of benzene rings is 1. The van der Waals surface area contributed by atoms with E-state index in [4.69, 9.17) is 4.52 Å². The number of aromatic nitrogens is 2. The number of nitrogens with one attached hydrogen (secondary N) is 1. The average Bonchev–Trinajstić information content (AvgIpc) is 3.12. The van der Waals surface area contributed by atoms with Crippen molar-refractivity contribution in [2.24, 2.45) is 5.92 Å². The van der Waals surface area contributed by atoms with Crippen LogP contribution >= 0.6 is 0 Å². The first-order valence-electron chi connectivity index (χ1n) is 7.47. The van der Waals surface area contributed by atoms with E-state index in [0.717, 1.165) is 11.3 Å². The minimum Gasteiger partial charge on any atom is -0.347 e. The molecule has 2 amide bonds. The smallest absolute Gasteiger partial charge is 0.246 e. The van der Waals surface area contributed by atoms with Crippen LogP contribution in [0.1, 0.15) is 23.7 Å². The predicted molar refractivity (Wildman–Crippen MR) is 82.5 cm³/mol. The first-order valence-corrected chi connectivity index (χ1v) is 7.47. The summed E-state index contributed by atoms with van der Waals surface area (Å²) >= 11 is 0. The van der Waals surface area contributed by atoms with E-state index < -0.39 is 0 Å². The molecule has 1 fully saturated rings. The van der Waals surface area contributed by atoms with Crippen molar-refractivity contribution in [3.63, 3.8) is 0 Å². The molecular weight excluding hydrogens is 296 g/mol. The van der Waals surface area contributed by atoms with Gasteiger partial charge in [0.05, 0.1) is 12.5 Å². The highest BCUT2D eigenvalue weighted by Gasteiger charge is 2.35. The number of aryl methyl sites for hydroxylation is 2. The molecule has 1 aromatic carbocycles. The highest BCUT2D eigenvalue weighted by Crippen LogP contribution is 2.25. The minimum absolute atomic E-state index is 0.0392. The molecule has 1 atom stereocenters. The topological polar surface area (TPSA) is 88.3 Å². The number of rotatable bonds is 4. The Morgan fingerprint density at radius 2 is 2.09 bits per heavy atom. The van der Waals surface area contributed by atoms with Crippen molar-refractivity contribution >= 4 is 17.5 Å². The van der Waals surface area contributed by atoms with Crippen LogP contribution in [-0.4, -0.2) is 28.5 Å². The van der Waals surface area contributed by atoms with Crippen LogP contribution < -0.4 is 10.2 Å². The molecule has 7 heteroatoms. The molecule has 1 unspecified atom stereocenters. The number of amides is 2. The molecule has 0 saturated carbocycles. The average molecular weight is 314 g/mol. The molecule has 0 aliphatic carbocycles. The first-order chi connectivity index (χ1) is 11.0. The normalized spacial score (nSPS) is 17.6. The summed E-state index contributed by atoms with van der Waals surface area (Å²) in [6.45, 7) is 4.26. The van der Waals surface area contributed by atoms with E-state index in [1.165, 1.54) is 0 Å². The van der Waals surface area contributed by atoms with Gasteiger partial charge < -0.3 is 14.7 Å². The Balaban J connectivity index is 1.60. The van der Waals surface area contributed by atoms with Crippen LogP contribution in [0.3, 0.4) is 0 Å². The molecular formula is C16H18N4O3. The summed E-state index contributed by atoms with van der Waals surface area (Å²) in [4.78, 5) is 30.1. The van der Waals surface area contributed by atoms with Gasteiger partial charge in [-0.3, -0.25) is 9.59 Å². The van der Waals surface area contributed by atoms with Crippen molar-refractivity contribution in [2.45, 2.75) is 26.8 Å². The van der Waals surface area contributed by atoms with Gasteiger partial charge in [-0.25, -0.2) is 0 Å². The highest BCUT2D eigenvalue weighted by atomic mass is 16.5. The van der Waals surface area contributed by atoms with Crippen LogP contribution in [-0.2, 0) is 16.1 Å². The lowest BCUT2D eigenvalue weighted by molar-refractivity contribution is -0.126. The predicted octanol–water partition coefficient (Wildman–Crippen LogP) is 1.36. The molecule has 0 spiro atoms. The monoisotopic (exact) mass is 314 g/mol. The molecule has 2 aromatic rings. The van der Waals surface area contributed by atoms with Gasteiger partial charge >= 0.3 is 0 Å². The quantitative estimate of drug-likeness (QED) is 0.920. The molecule has 1 aliphatic rings. The maximum atomic E-state index is 12.2. The Labute approximate surface area is 133 Å². The number of nitrogens with zero attached hydrogens (tertiary/aromatic N) is 3. The van der Waals surface area contributed by atoms with E-state index in [-0.39, 0.29) is 30.7 Å². The van der Waals surface area contributed by atoms with Crippen LogP contribution in [0.5, 0.6) is 0 Å². The van der Waals surface area contributed by atoms with Gasteiger partial charge in [-0.1, -0.05) is 22.9 Å². The summed E-state index contributed by atoms with van der Waals surface area (Å²) < 4.78 is 4.95. The van der Waals surface area contributed by atoms with Gasteiger partial charge in [-0.05, 0) is 26.0 Å². The molecule has 1 aliphatic heterocycles. The summed E-state index contributed by atoms with van der Waals surface area (Å²) in [7, 11) is 0. The van der Waals surface area contributed by atoms with Crippen LogP contribution in [0.2, 0.25) is 0 Å². The second-order valence-corrected chi connectivity index (χ2v) is 5.69. The maximum absolute atomic E-state index is 12.2. The lowest BCUT2D eigenvalue weighted by atomic mass is 10.1. The Hall–Kier alpha value is -2.70. The molecule has 0 bridgehead atoms. The molecule has 0 radical (unpaired) electrons. The number of anilines is 1. The first kappa shape index (κ1) is 15.2. The van der Waals surface area contributed by atoms with Gasteiger partial charge in [0.2, 0.25) is 17.7 Å². The van der Waals surface area contributed by atoms with Gasteiger partial charge in [0, 0.05) is 18.7 Å². The Bertz CT molecular complexity index is 723. The van der Waals surface area contributed by atoms with Crippen LogP contribution in [0.4, 0.5) is 5.69 Å². The maximum Gasteiger partial charge on any atom is 0.246 e. The molecule has 2 heterocycles. The number of carbonyl (C=O) groups is 2. The standard InChI is InChI=1S/C16H18N4O3/c1-10-3-5-13(6-4-10)20-9-12(7-15(20)21)16(22)17-8-14-18-11(2)19-23-14/h3-6,12H,7-9H2,1-2H3,(H,17,22). The van der Waals surface area contributed by atoms with Gasteiger partial charge in [-0.15, -0.1) is 0 Å². The van der Waals surface area contributed by atoms with E-state index in [9.17, 15) is 9.59 Å². The van der Waals surface area contributed by atoms with E-state index in [1.54, 1.807) is 11.8 Å². The molecule has 1 N–H and O–H groups in total. The third-order valence-electron chi connectivity index (χ3n) is 3.82. The number of carbonyl (C=O) groups excluding carboxylic acids is 2. The summed E-state index contributed by atoms with van der Waals surface area (Å²) in [5.41, 5.74) is 1.95. The zero-order chi connectivity index (χ0) is 16.4. The third kappa shape index (κ3) is 3.39. The van der Waals surface area contributed by atoms with Gasteiger partial charge in [0.1, 0.15) is 0 Å². The van der Waals surface area contributed by atoms with Crippen molar-refractivity contribution in [1.82, 2.24) is 15.5 Å².